The third kappa shape index (κ3) is 5.24. The average Bonchev–Trinajstić information content (AvgIpc) is 2.60. The molecule has 7 nitrogen and oxygen atoms in total. The van der Waals surface area contributed by atoms with E-state index in [2.05, 4.69) is 26.1 Å². The molecule has 7 heteroatoms. The van der Waals surface area contributed by atoms with Crippen LogP contribution in [0.25, 0.3) is 6.08 Å². The van der Waals surface area contributed by atoms with Crippen LogP contribution in [-0.2, 0) is 10.2 Å². The molecular formula is C20H21N3O4. The maximum atomic E-state index is 12.4. The number of nitro benzene ring substituents is 1. The molecule has 140 valence electrons. The quantitative estimate of drug-likeness (QED) is 0.480. The Balaban J connectivity index is 2.25. The highest BCUT2D eigenvalue weighted by Gasteiger charge is 2.16. The summed E-state index contributed by atoms with van der Waals surface area (Å²) in [6.45, 7) is 6.19. The van der Waals surface area contributed by atoms with E-state index in [1.165, 1.54) is 24.3 Å². The standard InChI is InChI=1S/C20H21N3O4/c1-20(2,3)15-9-7-14(8-10-15)19(25)22-17(18(21)24)12-13-5-4-6-16(11-13)23(26)27/h4-12H,1-3H3,(H2,21,24)(H,22,25). The topological polar surface area (TPSA) is 115 Å². The average molecular weight is 367 g/mol. The Kier molecular flexibility index (Phi) is 5.75. The van der Waals surface area contributed by atoms with Crippen molar-refractivity contribution in [3.8, 4) is 0 Å². The maximum absolute atomic E-state index is 12.4. The summed E-state index contributed by atoms with van der Waals surface area (Å²) in [7, 11) is 0. The number of benzene rings is 2. The fraction of sp³-hybridized carbons (Fsp3) is 0.200. The van der Waals surface area contributed by atoms with Gasteiger partial charge in [0.1, 0.15) is 5.70 Å². The molecule has 27 heavy (non-hydrogen) atoms. The van der Waals surface area contributed by atoms with E-state index in [-0.39, 0.29) is 16.8 Å². The van der Waals surface area contributed by atoms with E-state index in [4.69, 9.17) is 5.73 Å². The molecule has 0 spiro atoms. The lowest BCUT2D eigenvalue weighted by Crippen LogP contribution is -2.31. The van der Waals surface area contributed by atoms with Crippen LogP contribution in [0.2, 0.25) is 0 Å². The van der Waals surface area contributed by atoms with Crippen molar-refractivity contribution in [2.75, 3.05) is 0 Å². The zero-order valence-corrected chi connectivity index (χ0v) is 15.4. The summed E-state index contributed by atoms with van der Waals surface area (Å²) in [4.78, 5) is 34.4. The Bertz CT molecular complexity index is 910. The zero-order chi connectivity index (χ0) is 20.2. The number of primary amides is 1. The van der Waals surface area contributed by atoms with Gasteiger partial charge in [-0.15, -0.1) is 0 Å². The van der Waals surface area contributed by atoms with Gasteiger partial charge in [-0.2, -0.15) is 0 Å². The lowest BCUT2D eigenvalue weighted by atomic mass is 9.87. The molecule has 0 aliphatic heterocycles. The van der Waals surface area contributed by atoms with E-state index in [0.717, 1.165) is 5.56 Å². The smallest absolute Gasteiger partial charge is 0.270 e. The largest absolute Gasteiger partial charge is 0.364 e. The Morgan fingerprint density at radius 2 is 1.74 bits per heavy atom. The highest BCUT2D eigenvalue weighted by molar-refractivity contribution is 6.04. The SMILES string of the molecule is CC(C)(C)c1ccc(C(=O)NC(=Cc2cccc([N+](=O)[O-])c2)C(N)=O)cc1. The molecule has 0 saturated heterocycles. The number of hydrogen-bond donors (Lipinski definition) is 2. The van der Waals surface area contributed by atoms with Crippen molar-refractivity contribution < 1.29 is 14.5 Å². The van der Waals surface area contributed by atoms with Crippen LogP contribution in [0.4, 0.5) is 5.69 Å². The van der Waals surface area contributed by atoms with Crippen LogP contribution in [0, 0.1) is 10.1 Å². The van der Waals surface area contributed by atoms with E-state index in [0.29, 0.717) is 11.1 Å². The number of amides is 2. The highest BCUT2D eigenvalue weighted by atomic mass is 16.6. The molecule has 2 aromatic rings. The molecule has 0 atom stereocenters. The monoisotopic (exact) mass is 367 g/mol. The number of hydrogen-bond acceptors (Lipinski definition) is 4. The third-order valence-electron chi connectivity index (χ3n) is 3.92. The second-order valence-corrected chi connectivity index (χ2v) is 7.06. The molecule has 3 N–H and O–H groups in total. The molecule has 0 radical (unpaired) electrons. The minimum absolute atomic E-state index is 0.0463. The summed E-state index contributed by atoms with van der Waals surface area (Å²) in [5.41, 5.74) is 6.82. The van der Waals surface area contributed by atoms with Gasteiger partial charge in [0.25, 0.3) is 17.5 Å². The number of nitrogens with one attached hydrogen (secondary N) is 1. The van der Waals surface area contributed by atoms with Gasteiger partial charge in [0.15, 0.2) is 0 Å². The van der Waals surface area contributed by atoms with E-state index in [1.807, 2.05) is 12.1 Å². The van der Waals surface area contributed by atoms with Crippen LogP contribution in [0.15, 0.2) is 54.2 Å². The van der Waals surface area contributed by atoms with Crippen molar-refractivity contribution in [2.45, 2.75) is 26.2 Å². The Hall–Kier alpha value is -3.48. The number of nitrogens with two attached hydrogens (primary N) is 1. The molecule has 2 aromatic carbocycles. The molecule has 0 fully saturated rings. The number of carbonyl (C=O) groups is 2. The Morgan fingerprint density at radius 3 is 2.26 bits per heavy atom. The van der Waals surface area contributed by atoms with Gasteiger partial charge in [-0.1, -0.05) is 45.0 Å². The van der Waals surface area contributed by atoms with Gasteiger partial charge in [-0.3, -0.25) is 19.7 Å². The van der Waals surface area contributed by atoms with Gasteiger partial charge in [0, 0.05) is 17.7 Å². The van der Waals surface area contributed by atoms with Crippen LogP contribution in [0.5, 0.6) is 0 Å². The maximum Gasteiger partial charge on any atom is 0.270 e. The Labute approximate surface area is 157 Å². The molecule has 0 bridgehead atoms. The summed E-state index contributed by atoms with van der Waals surface area (Å²) in [5.74, 6) is -1.34. The molecule has 2 rings (SSSR count). The van der Waals surface area contributed by atoms with Crippen molar-refractivity contribution in [3.05, 3.63) is 81.0 Å². The Morgan fingerprint density at radius 1 is 1.11 bits per heavy atom. The van der Waals surface area contributed by atoms with E-state index in [1.54, 1.807) is 18.2 Å². The minimum Gasteiger partial charge on any atom is -0.364 e. The van der Waals surface area contributed by atoms with Gasteiger partial charge in [-0.25, -0.2) is 0 Å². The summed E-state index contributed by atoms with van der Waals surface area (Å²) in [5, 5.41) is 13.3. The zero-order valence-electron chi connectivity index (χ0n) is 15.4. The molecular weight excluding hydrogens is 346 g/mol. The van der Waals surface area contributed by atoms with Crippen LogP contribution in [0.1, 0.15) is 42.3 Å². The first-order chi connectivity index (χ1) is 12.6. The van der Waals surface area contributed by atoms with Crippen LogP contribution < -0.4 is 11.1 Å². The lowest BCUT2D eigenvalue weighted by Gasteiger charge is -2.19. The second kappa shape index (κ2) is 7.82. The van der Waals surface area contributed by atoms with Gasteiger partial charge in [0.05, 0.1) is 4.92 Å². The van der Waals surface area contributed by atoms with Gasteiger partial charge < -0.3 is 11.1 Å². The minimum atomic E-state index is -0.846. The number of nitrogens with zero attached hydrogens (tertiary/aromatic N) is 1. The van der Waals surface area contributed by atoms with Crippen molar-refractivity contribution in [1.29, 1.82) is 0 Å². The number of rotatable bonds is 5. The van der Waals surface area contributed by atoms with Crippen molar-refractivity contribution in [2.24, 2.45) is 5.73 Å². The third-order valence-corrected chi connectivity index (χ3v) is 3.92. The van der Waals surface area contributed by atoms with Gasteiger partial charge in [-0.05, 0) is 34.8 Å². The molecule has 0 saturated carbocycles. The molecule has 0 aromatic heterocycles. The first-order valence-electron chi connectivity index (χ1n) is 8.26. The van der Waals surface area contributed by atoms with E-state index in [9.17, 15) is 19.7 Å². The number of nitro groups is 1. The predicted molar refractivity (Wildman–Crippen MR) is 103 cm³/mol. The van der Waals surface area contributed by atoms with Crippen molar-refractivity contribution in [3.63, 3.8) is 0 Å². The first kappa shape index (κ1) is 19.8. The van der Waals surface area contributed by atoms with Crippen LogP contribution >= 0.6 is 0 Å². The van der Waals surface area contributed by atoms with Crippen molar-refractivity contribution in [1.82, 2.24) is 5.32 Å². The number of carbonyl (C=O) groups excluding carboxylic acids is 2. The number of non-ortho nitro benzene ring substituents is 1. The molecule has 2 amide bonds. The molecule has 0 aliphatic carbocycles. The van der Waals surface area contributed by atoms with Gasteiger partial charge in [0.2, 0.25) is 0 Å². The molecule has 0 aliphatic rings. The predicted octanol–water partition coefficient (Wildman–Crippen LogP) is 3.15. The van der Waals surface area contributed by atoms with Gasteiger partial charge >= 0.3 is 0 Å². The summed E-state index contributed by atoms with van der Waals surface area (Å²) >= 11 is 0. The normalized spacial score (nSPS) is 11.7. The first-order valence-corrected chi connectivity index (χ1v) is 8.26. The highest BCUT2D eigenvalue weighted by Crippen LogP contribution is 2.22. The van der Waals surface area contributed by atoms with Crippen LogP contribution in [0.3, 0.4) is 0 Å². The van der Waals surface area contributed by atoms with Crippen LogP contribution in [-0.4, -0.2) is 16.7 Å². The summed E-state index contributed by atoms with van der Waals surface area (Å²) < 4.78 is 0. The van der Waals surface area contributed by atoms with E-state index >= 15 is 0 Å². The fourth-order valence-corrected chi connectivity index (χ4v) is 2.38. The summed E-state index contributed by atoms with van der Waals surface area (Å²) in [6.07, 6.45) is 1.30. The lowest BCUT2D eigenvalue weighted by molar-refractivity contribution is -0.384. The van der Waals surface area contributed by atoms with Crippen molar-refractivity contribution >= 4 is 23.6 Å². The second-order valence-electron chi connectivity index (χ2n) is 7.06. The van der Waals surface area contributed by atoms with E-state index < -0.39 is 16.7 Å². The molecule has 0 heterocycles. The summed E-state index contributed by atoms with van der Waals surface area (Å²) in [6, 6.07) is 12.7. The fourth-order valence-electron chi connectivity index (χ4n) is 2.38. The molecule has 0 unspecified atom stereocenters.